The van der Waals surface area contributed by atoms with E-state index in [1.807, 2.05) is 13.1 Å². The number of benzene rings is 1. The summed E-state index contributed by atoms with van der Waals surface area (Å²) in [6.45, 7) is 2.17. The highest BCUT2D eigenvalue weighted by atomic mass is 32.1. The zero-order valence-electron chi connectivity index (χ0n) is 9.20. The Morgan fingerprint density at radius 3 is 2.87 bits per heavy atom. The number of rotatable bonds is 3. The summed E-state index contributed by atoms with van der Waals surface area (Å²) < 4.78 is 6.49. The molecule has 0 spiro atoms. The van der Waals surface area contributed by atoms with Gasteiger partial charge in [0, 0.05) is 10.7 Å². The summed E-state index contributed by atoms with van der Waals surface area (Å²) in [5, 5.41) is 6.80. The summed E-state index contributed by atoms with van der Waals surface area (Å²) in [5.41, 5.74) is 1.36. The van der Waals surface area contributed by atoms with Crippen LogP contribution in [-0.2, 0) is 0 Å². The fourth-order valence-corrected chi connectivity index (χ4v) is 2.73. The molecule has 3 heteroatoms. The first-order valence-electron chi connectivity index (χ1n) is 4.98. The molecule has 1 heterocycles. The Morgan fingerprint density at radius 2 is 2.20 bits per heavy atom. The minimum Gasteiger partial charge on any atom is -0.497 e. The van der Waals surface area contributed by atoms with Crippen LogP contribution < -0.4 is 10.1 Å². The summed E-state index contributed by atoms with van der Waals surface area (Å²) in [7, 11) is 3.68. The standard InChI is InChI=1S/C12H15NOS/c1-8(13-2)11-7-15-12-6-9(14-3)4-5-10(11)12/h4-8,13H,1-3H3. The molecular formula is C12H15NOS. The summed E-state index contributed by atoms with van der Waals surface area (Å²) in [5.74, 6) is 0.924. The molecule has 1 unspecified atom stereocenters. The SMILES string of the molecule is CNC(C)c1csc2cc(OC)ccc12. The van der Waals surface area contributed by atoms with Crippen molar-refractivity contribution in [2.75, 3.05) is 14.2 Å². The smallest absolute Gasteiger partial charge is 0.120 e. The van der Waals surface area contributed by atoms with Gasteiger partial charge in [-0.25, -0.2) is 0 Å². The van der Waals surface area contributed by atoms with Crippen molar-refractivity contribution in [2.45, 2.75) is 13.0 Å². The predicted molar refractivity (Wildman–Crippen MR) is 65.9 cm³/mol. The van der Waals surface area contributed by atoms with Crippen LogP contribution in [0.2, 0.25) is 0 Å². The van der Waals surface area contributed by atoms with Gasteiger partial charge in [-0.05, 0) is 48.5 Å². The second-order valence-corrected chi connectivity index (χ2v) is 4.47. The van der Waals surface area contributed by atoms with Gasteiger partial charge >= 0.3 is 0 Å². The van der Waals surface area contributed by atoms with E-state index in [2.05, 4.69) is 29.8 Å². The molecule has 0 radical (unpaired) electrons. The van der Waals surface area contributed by atoms with Crippen molar-refractivity contribution in [3.63, 3.8) is 0 Å². The van der Waals surface area contributed by atoms with Gasteiger partial charge in [-0.3, -0.25) is 0 Å². The van der Waals surface area contributed by atoms with Crippen LogP contribution >= 0.6 is 11.3 Å². The Balaban J connectivity index is 2.52. The van der Waals surface area contributed by atoms with Crippen LogP contribution in [0.25, 0.3) is 10.1 Å². The topological polar surface area (TPSA) is 21.3 Å². The maximum Gasteiger partial charge on any atom is 0.120 e. The fourth-order valence-electron chi connectivity index (χ4n) is 1.65. The van der Waals surface area contributed by atoms with E-state index in [9.17, 15) is 0 Å². The second kappa shape index (κ2) is 4.21. The van der Waals surface area contributed by atoms with Crippen LogP contribution in [0.5, 0.6) is 5.75 Å². The van der Waals surface area contributed by atoms with E-state index < -0.39 is 0 Å². The molecule has 1 atom stereocenters. The Bertz CT molecular complexity index is 464. The van der Waals surface area contributed by atoms with Crippen molar-refractivity contribution in [3.8, 4) is 5.75 Å². The Hall–Kier alpha value is -1.06. The lowest BCUT2D eigenvalue weighted by Gasteiger charge is -2.08. The first-order chi connectivity index (χ1) is 7.26. The highest BCUT2D eigenvalue weighted by Crippen LogP contribution is 2.32. The van der Waals surface area contributed by atoms with Crippen LogP contribution in [0.15, 0.2) is 23.6 Å². The molecule has 0 aliphatic carbocycles. The number of fused-ring (bicyclic) bond motifs is 1. The number of thiophene rings is 1. The van der Waals surface area contributed by atoms with E-state index in [1.165, 1.54) is 15.6 Å². The average molecular weight is 221 g/mol. The summed E-state index contributed by atoms with van der Waals surface area (Å²) in [6, 6.07) is 6.63. The number of methoxy groups -OCH3 is 1. The third-order valence-electron chi connectivity index (χ3n) is 2.71. The molecule has 1 N–H and O–H groups in total. The monoisotopic (exact) mass is 221 g/mol. The fraction of sp³-hybridized carbons (Fsp3) is 0.333. The highest BCUT2D eigenvalue weighted by Gasteiger charge is 2.09. The third-order valence-corrected chi connectivity index (χ3v) is 3.68. The van der Waals surface area contributed by atoms with Gasteiger partial charge < -0.3 is 10.1 Å². The number of hydrogen-bond acceptors (Lipinski definition) is 3. The van der Waals surface area contributed by atoms with Gasteiger partial charge in [-0.2, -0.15) is 0 Å². The van der Waals surface area contributed by atoms with Crippen LogP contribution in [-0.4, -0.2) is 14.2 Å². The van der Waals surface area contributed by atoms with Crippen molar-refractivity contribution in [2.24, 2.45) is 0 Å². The van der Waals surface area contributed by atoms with E-state index in [0.29, 0.717) is 6.04 Å². The van der Waals surface area contributed by atoms with Crippen molar-refractivity contribution in [1.82, 2.24) is 5.32 Å². The molecular weight excluding hydrogens is 206 g/mol. The van der Waals surface area contributed by atoms with Gasteiger partial charge in [-0.1, -0.05) is 0 Å². The molecule has 0 amide bonds. The Morgan fingerprint density at radius 1 is 1.40 bits per heavy atom. The molecule has 15 heavy (non-hydrogen) atoms. The Labute approximate surface area is 93.9 Å². The minimum atomic E-state index is 0.396. The van der Waals surface area contributed by atoms with Gasteiger partial charge in [-0.15, -0.1) is 11.3 Å². The van der Waals surface area contributed by atoms with E-state index in [1.54, 1.807) is 18.4 Å². The molecule has 2 nitrogen and oxygen atoms in total. The predicted octanol–water partition coefficient (Wildman–Crippen LogP) is 3.19. The maximum absolute atomic E-state index is 5.21. The van der Waals surface area contributed by atoms with Gasteiger partial charge in [0.05, 0.1) is 7.11 Å². The van der Waals surface area contributed by atoms with Crippen LogP contribution in [0.3, 0.4) is 0 Å². The molecule has 2 rings (SSSR count). The molecule has 0 aliphatic heterocycles. The third kappa shape index (κ3) is 1.85. The second-order valence-electron chi connectivity index (χ2n) is 3.56. The lowest BCUT2D eigenvalue weighted by Crippen LogP contribution is -2.11. The van der Waals surface area contributed by atoms with Crippen LogP contribution in [0, 0.1) is 0 Å². The number of hydrogen-bond donors (Lipinski definition) is 1. The number of ether oxygens (including phenoxy) is 1. The largest absolute Gasteiger partial charge is 0.497 e. The average Bonchev–Trinajstić information content (AvgIpc) is 2.70. The van der Waals surface area contributed by atoms with Gasteiger partial charge in [0.25, 0.3) is 0 Å². The molecule has 0 aliphatic rings. The van der Waals surface area contributed by atoms with Gasteiger partial charge in [0.1, 0.15) is 5.75 Å². The zero-order valence-corrected chi connectivity index (χ0v) is 10.0. The molecule has 1 aromatic heterocycles. The minimum absolute atomic E-state index is 0.396. The molecule has 0 saturated carbocycles. The highest BCUT2D eigenvalue weighted by molar-refractivity contribution is 7.17. The van der Waals surface area contributed by atoms with Gasteiger partial charge in [0.2, 0.25) is 0 Å². The summed E-state index contributed by atoms with van der Waals surface area (Å²) >= 11 is 1.77. The quantitative estimate of drug-likeness (QED) is 0.859. The first kappa shape index (κ1) is 10.5. The molecule has 0 fully saturated rings. The number of nitrogens with one attached hydrogen (secondary N) is 1. The molecule has 1 aromatic carbocycles. The normalized spacial score (nSPS) is 13.0. The molecule has 2 aromatic rings. The van der Waals surface area contributed by atoms with E-state index in [4.69, 9.17) is 4.74 Å². The van der Waals surface area contributed by atoms with Crippen molar-refractivity contribution >= 4 is 21.4 Å². The molecule has 0 saturated heterocycles. The first-order valence-corrected chi connectivity index (χ1v) is 5.86. The maximum atomic E-state index is 5.21. The van der Waals surface area contributed by atoms with Gasteiger partial charge in [0.15, 0.2) is 0 Å². The van der Waals surface area contributed by atoms with Crippen LogP contribution in [0.1, 0.15) is 18.5 Å². The zero-order chi connectivity index (χ0) is 10.8. The van der Waals surface area contributed by atoms with Crippen molar-refractivity contribution in [1.29, 1.82) is 0 Å². The lowest BCUT2D eigenvalue weighted by molar-refractivity contribution is 0.415. The Kier molecular flexibility index (Phi) is 2.93. The van der Waals surface area contributed by atoms with Crippen LogP contribution in [0.4, 0.5) is 0 Å². The van der Waals surface area contributed by atoms with Crippen molar-refractivity contribution < 1.29 is 4.74 Å². The summed E-state index contributed by atoms with van der Waals surface area (Å²) in [4.78, 5) is 0. The molecule has 80 valence electrons. The summed E-state index contributed by atoms with van der Waals surface area (Å²) in [6.07, 6.45) is 0. The van der Waals surface area contributed by atoms with E-state index >= 15 is 0 Å². The van der Waals surface area contributed by atoms with E-state index in [0.717, 1.165) is 5.75 Å². The van der Waals surface area contributed by atoms with Crippen molar-refractivity contribution in [3.05, 3.63) is 29.1 Å². The van der Waals surface area contributed by atoms with E-state index in [-0.39, 0.29) is 0 Å². The lowest BCUT2D eigenvalue weighted by atomic mass is 10.1. The molecule has 0 bridgehead atoms.